The molecular weight excluding hydrogens is 385 g/mol. The highest BCUT2D eigenvalue weighted by molar-refractivity contribution is 7.82. The zero-order valence-corrected chi connectivity index (χ0v) is 17.8. The van der Waals surface area contributed by atoms with E-state index >= 15 is 0 Å². The number of nitrogens with one attached hydrogen (secondary N) is 1. The van der Waals surface area contributed by atoms with Crippen molar-refractivity contribution in [2.45, 2.75) is 84.4 Å². The third-order valence-electron chi connectivity index (χ3n) is 5.50. The number of rotatable bonds is 6. The SMILES string of the molecule is CCCc1cc(CC)c(N(S)C(=O)NC2CCCC(C(F)(F)F)C2)c(CC)c1. The van der Waals surface area contributed by atoms with Gasteiger partial charge in [-0.3, -0.25) is 0 Å². The Morgan fingerprint density at radius 1 is 1.18 bits per heavy atom. The van der Waals surface area contributed by atoms with E-state index in [9.17, 15) is 18.0 Å². The normalized spacial score (nSPS) is 20.1. The summed E-state index contributed by atoms with van der Waals surface area (Å²) in [5.74, 6) is -1.34. The number of hydrogen-bond donors (Lipinski definition) is 2. The first kappa shape index (κ1) is 22.9. The van der Waals surface area contributed by atoms with Crippen molar-refractivity contribution in [1.82, 2.24) is 5.32 Å². The molecule has 2 atom stereocenters. The Labute approximate surface area is 171 Å². The third-order valence-corrected chi connectivity index (χ3v) is 5.88. The van der Waals surface area contributed by atoms with Crippen molar-refractivity contribution in [1.29, 1.82) is 0 Å². The molecule has 1 N–H and O–H groups in total. The van der Waals surface area contributed by atoms with Crippen LogP contribution in [0.1, 0.15) is 69.6 Å². The van der Waals surface area contributed by atoms with Crippen molar-refractivity contribution in [2.75, 3.05) is 4.31 Å². The number of halogens is 3. The first-order valence-electron chi connectivity index (χ1n) is 10.2. The van der Waals surface area contributed by atoms with Crippen LogP contribution in [-0.2, 0) is 19.3 Å². The van der Waals surface area contributed by atoms with Gasteiger partial charge in [0.05, 0.1) is 11.6 Å². The van der Waals surface area contributed by atoms with Crippen LogP contribution in [0.4, 0.5) is 23.7 Å². The van der Waals surface area contributed by atoms with E-state index in [1.54, 1.807) is 0 Å². The van der Waals surface area contributed by atoms with E-state index in [1.165, 1.54) is 9.87 Å². The van der Waals surface area contributed by atoms with Gasteiger partial charge in [0.2, 0.25) is 0 Å². The van der Waals surface area contributed by atoms with Crippen LogP contribution in [0, 0.1) is 5.92 Å². The molecule has 3 nitrogen and oxygen atoms in total. The van der Waals surface area contributed by atoms with Gasteiger partial charge in [-0.25, -0.2) is 9.10 Å². The van der Waals surface area contributed by atoms with E-state index in [-0.39, 0.29) is 12.8 Å². The van der Waals surface area contributed by atoms with E-state index in [0.29, 0.717) is 12.8 Å². The highest BCUT2D eigenvalue weighted by Gasteiger charge is 2.42. The van der Waals surface area contributed by atoms with E-state index in [0.717, 1.165) is 42.5 Å². The molecule has 1 saturated carbocycles. The Morgan fingerprint density at radius 2 is 1.79 bits per heavy atom. The number of thiol groups is 1. The molecule has 0 bridgehead atoms. The lowest BCUT2D eigenvalue weighted by Crippen LogP contribution is -2.45. The Balaban J connectivity index is 2.18. The summed E-state index contributed by atoms with van der Waals surface area (Å²) in [5, 5.41) is 2.77. The summed E-state index contributed by atoms with van der Waals surface area (Å²) in [5.41, 5.74) is 4.06. The number of carbonyl (C=O) groups excluding carboxylic acids is 1. The quantitative estimate of drug-likeness (QED) is 0.528. The summed E-state index contributed by atoms with van der Waals surface area (Å²) in [7, 11) is 0. The monoisotopic (exact) mass is 416 g/mol. The molecule has 1 fully saturated rings. The number of benzene rings is 1. The van der Waals surface area contributed by atoms with Crippen LogP contribution in [0.25, 0.3) is 0 Å². The summed E-state index contributed by atoms with van der Waals surface area (Å²) >= 11 is 4.43. The molecule has 0 radical (unpaired) electrons. The Hall–Kier alpha value is -1.37. The first-order chi connectivity index (χ1) is 13.2. The number of nitrogens with zero attached hydrogens (tertiary/aromatic N) is 1. The summed E-state index contributed by atoms with van der Waals surface area (Å²) in [6.07, 6.45) is 0.424. The molecule has 1 aliphatic carbocycles. The van der Waals surface area contributed by atoms with Crippen LogP contribution in [0.2, 0.25) is 0 Å². The number of anilines is 1. The van der Waals surface area contributed by atoms with Crippen LogP contribution in [-0.4, -0.2) is 18.2 Å². The van der Waals surface area contributed by atoms with Crippen LogP contribution in [0.5, 0.6) is 0 Å². The molecular formula is C21H31F3N2OS. The number of alkyl halides is 3. The molecule has 28 heavy (non-hydrogen) atoms. The Kier molecular flexibility index (Phi) is 8.10. The van der Waals surface area contributed by atoms with Gasteiger partial charge < -0.3 is 5.32 Å². The second kappa shape index (κ2) is 9.90. The van der Waals surface area contributed by atoms with Crippen molar-refractivity contribution in [2.24, 2.45) is 5.92 Å². The lowest BCUT2D eigenvalue weighted by atomic mass is 9.85. The Morgan fingerprint density at radius 3 is 2.29 bits per heavy atom. The molecule has 0 spiro atoms. The van der Waals surface area contributed by atoms with Crippen molar-refractivity contribution >= 4 is 24.5 Å². The maximum Gasteiger partial charge on any atom is 0.391 e. The van der Waals surface area contributed by atoms with Crippen LogP contribution in [0.15, 0.2) is 12.1 Å². The average molecular weight is 417 g/mol. The van der Waals surface area contributed by atoms with E-state index in [1.807, 2.05) is 13.8 Å². The number of aryl methyl sites for hydroxylation is 3. The molecule has 1 aromatic rings. The molecule has 0 heterocycles. The molecule has 1 aromatic carbocycles. The molecule has 7 heteroatoms. The van der Waals surface area contributed by atoms with Crippen molar-refractivity contribution in [3.8, 4) is 0 Å². The summed E-state index contributed by atoms with van der Waals surface area (Å²) in [6, 6.07) is 3.28. The van der Waals surface area contributed by atoms with Gasteiger partial charge in [-0.2, -0.15) is 13.2 Å². The third kappa shape index (κ3) is 5.58. The predicted octanol–water partition coefficient (Wildman–Crippen LogP) is 6.25. The summed E-state index contributed by atoms with van der Waals surface area (Å²) < 4.78 is 40.4. The molecule has 2 rings (SSSR count). The maximum atomic E-state index is 13.0. The lowest BCUT2D eigenvalue weighted by molar-refractivity contribution is -0.183. The van der Waals surface area contributed by atoms with E-state index in [2.05, 4.69) is 37.2 Å². The largest absolute Gasteiger partial charge is 0.391 e. The standard InChI is InChI=1S/C21H31F3N2OS/c1-4-8-14-11-15(5-2)19(16(6-3)12-14)26(28)20(27)25-18-10-7-9-17(13-18)21(22,23)24/h11-12,17-18,28H,4-10,13H2,1-3H3,(H,25,27). The van der Waals surface area contributed by atoms with Gasteiger partial charge in [0.25, 0.3) is 0 Å². The van der Waals surface area contributed by atoms with E-state index in [4.69, 9.17) is 0 Å². The molecule has 158 valence electrons. The van der Waals surface area contributed by atoms with Crippen LogP contribution < -0.4 is 9.62 Å². The fourth-order valence-corrected chi connectivity index (χ4v) is 4.35. The molecule has 0 saturated heterocycles. The minimum atomic E-state index is -4.20. The lowest BCUT2D eigenvalue weighted by Gasteiger charge is -2.32. The van der Waals surface area contributed by atoms with Crippen LogP contribution >= 0.6 is 12.8 Å². The number of amides is 2. The van der Waals surface area contributed by atoms with Gasteiger partial charge >= 0.3 is 12.2 Å². The second-order valence-corrected chi connectivity index (χ2v) is 7.98. The van der Waals surface area contributed by atoms with Gasteiger partial charge in [-0.1, -0.05) is 58.6 Å². The van der Waals surface area contributed by atoms with Gasteiger partial charge in [0, 0.05) is 6.04 Å². The minimum Gasteiger partial charge on any atom is -0.334 e. The van der Waals surface area contributed by atoms with Crippen molar-refractivity contribution in [3.05, 3.63) is 28.8 Å². The topological polar surface area (TPSA) is 32.3 Å². The summed E-state index contributed by atoms with van der Waals surface area (Å²) in [6.45, 7) is 6.19. The minimum absolute atomic E-state index is 0.0619. The number of urea groups is 1. The predicted molar refractivity (Wildman–Crippen MR) is 111 cm³/mol. The fourth-order valence-electron chi connectivity index (χ4n) is 4.03. The zero-order valence-electron chi connectivity index (χ0n) is 16.9. The highest BCUT2D eigenvalue weighted by atomic mass is 32.1. The molecule has 2 amide bonds. The number of carbonyl (C=O) groups is 1. The Bertz CT molecular complexity index is 653. The maximum absolute atomic E-state index is 13.0. The fraction of sp³-hybridized carbons (Fsp3) is 0.667. The van der Waals surface area contributed by atoms with Gasteiger partial charge in [0.15, 0.2) is 0 Å². The molecule has 0 aromatic heterocycles. The van der Waals surface area contributed by atoms with Gasteiger partial charge in [-0.15, -0.1) is 0 Å². The van der Waals surface area contributed by atoms with Gasteiger partial charge in [0.1, 0.15) is 0 Å². The second-order valence-electron chi connectivity index (χ2n) is 7.58. The highest BCUT2D eigenvalue weighted by Crippen LogP contribution is 2.38. The van der Waals surface area contributed by atoms with Crippen molar-refractivity contribution < 1.29 is 18.0 Å². The molecule has 0 aliphatic heterocycles. The first-order valence-corrected chi connectivity index (χ1v) is 10.6. The van der Waals surface area contributed by atoms with Gasteiger partial charge in [-0.05, 0) is 55.2 Å². The van der Waals surface area contributed by atoms with E-state index < -0.39 is 24.2 Å². The molecule has 2 unspecified atom stereocenters. The zero-order chi connectivity index (χ0) is 20.9. The smallest absolute Gasteiger partial charge is 0.334 e. The summed E-state index contributed by atoms with van der Waals surface area (Å²) in [4.78, 5) is 12.8. The average Bonchev–Trinajstić information content (AvgIpc) is 2.66. The van der Waals surface area contributed by atoms with Crippen LogP contribution in [0.3, 0.4) is 0 Å². The molecule has 1 aliphatic rings. The number of hydrogen-bond acceptors (Lipinski definition) is 2. The van der Waals surface area contributed by atoms with Crippen molar-refractivity contribution in [3.63, 3.8) is 0 Å².